The van der Waals surface area contributed by atoms with E-state index in [0.29, 0.717) is 11.8 Å². The van der Waals surface area contributed by atoms with Crippen LogP contribution in [0, 0.1) is 5.82 Å². The zero-order valence-corrected chi connectivity index (χ0v) is 11.5. The largest absolute Gasteiger partial charge is 0.490 e. The molecule has 3 nitrogen and oxygen atoms in total. The molecule has 2 atom stereocenters. The number of halogens is 1. The molecule has 0 amide bonds. The van der Waals surface area contributed by atoms with Gasteiger partial charge in [0.15, 0.2) is 0 Å². The summed E-state index contributed by atoms with van der Waals surface area (Å²) in [5, 5.41) is 13.1. The second-order valence-electron chi connectivity index (χ2n) is 5.67. The van der Waals surface area contributed by atoms with E-state index in [1.807, 2.05) is 0 Å². The van der Waals surface area contributed by atoms with E-state index in [4.69, 9.17) is 4.74 Å². The van der Waals surface area contributed by atoms with Crippen LogP contribution in [-0.2, 0) is 0 Å². The van der Waals surface area contributed by atoms with E-state index in [9.17, 15) is 9.50 Å². The van der Waals surface area contributed by atoms with E-state index in [0.717, 1.165) is 19.3 Å². The molecule has 0 bridgehead atoms. The van der Waals surface area contributed by atoms with Gasteiger partial charge in [-0.1, -0.05) is 13.8 Å². The van der Waals surface area contributed by atoms with Crippen molar-refractivity contribution in [3.8, 4) is 5.75 Å². The van der Waals surface area contributed by atoms with Crippen molar-refractivity contribution in [1.82, 2.24) is 5.32 Å². The van der Waals surface area contributed by atoms with Crippen LogP contribution in [0.3, 0.4) is 0 Å². The highest BCUT2D eigenvalue weighted by Crippen LogP contribution is 2.33. The number of hydrogen-bond donors (Lipinski definition) is 2. The number of benzene rings is 1. The summed E-state index contributed by atoms with van der Waals surface area (Å²) in [6.45, 7) is 4.27. The summed E-state index contributed by atoms with van der Waals surface area (Å²) in [5.41, 5.74) is -0.237. The molecule has 19 heavy (non-hydrogen) atoms. The average molecular weight is 267 g/mol. The Morgan fingerprint density at radius 2 is 2.11 bits per heavy atom. The minimum atomic E-state index is -0.259. The van der Waals surface area contributed by atoms with Crippen LogP contribution < -0.4 is 10.1 Å². The normalized spacial score (nSPS) is 26.9. The van der Waals surface area contributed by atoms with Crippen LogP contribution >= 0.6 is 0 Å². The highest BCUT2D eigenvalue weighted by molar-refractivity contribution is 5.22. The third-order valence-corrected chi connectivity index (χ3v) is 3.58. The minimum absolute atomic E-state index is 0.0730. The van der Waals surface area contributed by atoms with E-state index in [2.05, 4.69) is 19.2 Å². The van der Waals surface area contributed by atoms with Crippen LogP contribution in [0.4, 0.5) is 4.39 Å². The third-order valence-electron chi connectivity index (χ3n) is 3.58. The molecule has 4 heteroatoms. The molecular weight excluding hydrogens is 245 g/mol. The Balaban J connectivity index is 1.95. The number of ether oxygens (including phenoxy) is 1. The molecule has 0 heterocycles. The minimum Gasteiger partial charge on any atom is -0.490 e. The lowest BCUT2D eigenvalue weighted by molar-refractivity contribution is 0.133. The first-order chi connectivity index (χ1) is 9.03. The van der Waals surface area contributed by atoms with E-state index in [1.54, 1.807) is 12.1 Å². The maximum atomic E-state index is 12.8. The number of nitrogens with one attached hydrogen (secondary N) is 1. The molecule has 106 valence electrons. The molecule has 1 fully saturated rings. The molecule has 2 rings (SSSR count). The Hall–Kier alpha value is -1.13. The van der Waals surface area contributed by atoms with Gasteiger partial charge in [0, 0.05) is 18.0 Å². The van der Waals surface area contributed by atoms with Gasteiger partial charge in [-0.3, -0.25) is 0 Å². The first-order valence-corrected chi connectivity index (χ1v) is 6.84. The topological polar surface area (TPSA) is 41.5 Å². The Morgan fingerprint density at radius 3 is 2.68 bits per heavy atom. The van der Waals surface area contributed by atoms with Gasteiger partial charge in [-0.25, -0.2) is 4.39 Å². The fourth-order valence-electron chi connectivity index (χ4n) is 2.82. The quantitative estimate of drug-likeness (QED) is 0.861. The standard InChI is InChI=1S/C15H22FNO2/c1-11(2)17-15(10-18)8-7-14(9-15)19-13-5-3-12(16)4-6-13/h3-6,11,14,17-18H,7-10H2,1-2H3. The van der Waals surface area contributed by atoms with E-state index in [-0.39, 0.29) is 24.1 Å². The lowest BCUT2D eigenvalue weighted by atomic mass is 9.97. The maximum absolute atomic E-state index is 12.8. The number of aliphatic hydroxyl groups excluding tert-OH is 1. The van der Waals surface area contributed by atoms with Gasteiger partial charge in [0.25, 0.3) is 0 Å². The average Bonchev–Trinajstić information content (AvgIpc) is 2.75. The molecule has 0 aliphatic heterocycles. The molecule has 0 spiro atoms. The first-order valence-electron chi connectivity index (χ1n) is 6.84. The van der Waals surface area contributed by atoms with Gasteiger partial charge in [0.1, 0.15) is 17.7 Å². The molecule has 1 aliphatic carbocycles. The number of hydrogen-bond acceptors (Lipinski definition) is 3. The predicted octanol–water partition coefficient (Wildman–Crippen LogP) is 2.49. The molecule has 2 unspecified atom stereocenters. The highest BCUT2D eigenvalue weighted by Gasteiger charge is 2.40. The third kappa shape index (κ3) is 3.67. The van der Waals surface area contributed by atoms with Crippen molar-refractivity contribution in [2.75, 3.05) is 6.61 Å². The monoisotopic (exact) mass is 267 g/mol. The van der Waals surface area contributed by atoms with Gasteiger partial charge >= 0.3 is 0 Å². The smallest absolute Gasteiger partial charge is 0.123 e. The molecule has 0 radical (unpaired) electrons. The van der Waals surface area contributed by atoms with Crippen LogP contribution in [0.1, 0.15) is 33.1 Å². The number of rotatable bonds is 5. The molecule has 1 saturated carbocycles. The van der Waals surface area contributed by atoms with Crippen molar-refractivity contribution in [3.63, 3.8) is 0 Å². The molecule has 1 aromatic rings. The van der Waals surface area contributed by atoms with Crippen molar-refractivity contribution in [3.05, 3.63) is 30.1 Å². The van der Waals surface area contributed by atoms with Gasteiger partial charge in [0.2, 0.25) is 0 Å². The Labute approximate surface area is 113 Å². The van der Waals surface area contributed by atoms with Gasteiger partial charge in [-0.05, 0) is 37.1 Å². The molecular formula is C15H22FNO2. The van der Waals surface area contributed by atoms with Gasteiger partial charge in [0.05, 0.1) is 6.61 Å². The van der Waals surface area contributed by atoms with E-state index >= 15 is 0 Å². The maximum Gasteiger partial charge on any atom is 0.123 e. The summed E-state index contributed by atoms with van der Waals surface area (Å²) in [6, 6.07) is 6.41. The van der Waals surface area contributed by atoms with Gasteiger partial charge < -0.3 is 15.2 Å². The summed E-state index contributed by atoms with van der Waals surface area (Å²) >= 11 is 0. The van der Waals surface area contributed by atoms with Crippen LogP contribution in [0.2, 0.25) is 0 Å². The Bertz CT molecular complexity index is 407. The Kier molecular flexibility index (Phi) is 4.42. The first kappa shape index (κ1) is 14.3. The summed E-state index contributed by atoms with van der Waals surface area (Å²) < 4.78 is 18.7. The zero-order valence-electron chi connectivity index (χ0n) is 11.5. The lowest BCUT2D eigenvalue weighted by Crippen LogP contribution is -2.50. The second kappa shape index (κ2) is 5.88. The SMILES string of the molecule is CC(C)NC1(CO)CCC(Oc2ccc(F)cc2)C1. The molecule has 0 saturated heterocycles. The molecule has 0 aromatic heterocycles. The van der Waals surface area contributed by atoms with Crippen LogP contribution in [-0.4, -0.2) is 29.4 Å². The lowest BCUT2D eigenvalue weighted by Gasteiger charge is -2.30. The summed E-state index contributed by atoms with van der Waals surface area (Å²) in [6.07, 6.45) is 2.65. The fourth-order valence-corrected chi connectivity index (χ4v) is 2.82. The highest BCUT2D eigenvalue weighted by atomic mass is 19.1. The van der Waals surface area contributed by atoms with Crippen molar-refractivity contribution in [2.24, 2.45) is 0 Å². The second-order valence-corrected chi connectivity index (χ2v) is 5.67. The van der Waals surface area contributed by atoms with Gasteiger partial charge in [-0.15, -0.1) is 0 Å². The summed E-state index contributed by atoms with van der Waals surface area (Å²) in [5.74, 6) is 0.426. The zero-order chi connectivity index (χ0) is 13.9. The van der Waals surface area contributed by atoms with Crippen molar-refractivity contribution in [2.45, 2.75) is 50.8 Å². The Morgan fingerprint density at radius 1 is 1.42 bits per heavy atom. The van der Waals surface area contributed by atoms with Crippen LogP contribution in [0.15, 0.2) is 24.3 Å². The van der Waals surface area contributed by atoms with E-state index in [1.165, 1.54) is 12.1 Å². The molecule has 1 aromatic carbocycles. The summed E-state index contributed by atoms with van der Waals surface area (Å²) in [4.78, 5) is 0. The van der Waals surface area contributed by atoms with Crippen LogP contribution in [0.25, 0.3) is 0 Å². The van der Waals surface area contributed by atoms with Crippen molar-refractivity contribution in [1.29, 1.82) is 0 Å². The van der Waals surface area contributed by atoms with Gasteiger partial charge in [-0.2, -0.15) is 0 Å². The van der Waals surface area contributed by atoms with Crippen molar-refractivity contribution >= 4 is 0 Å². The van der Waals surface area contributed by atoms with E-state index < -0.39 is 0 Å². The number of aliphatic hydroxyl groups is 1. The van der Waals surface area contributed by atoms with Crippen LogP contribution in [0.5, 0.6) is 5.75 Å². The molecule has 1 aliphatic rings. The molecule has 2 N–H and O–H groups in total. The fraction of sp³-hybridized carbons (Fsp3) is 0.600. The predicted molar refractivity (Wildman–Crippen MR) is 72.8 cm³/mol. The van der Waals surface area contributed by atoms with Crippen molar-refractivity contribution < 1.29 is 14.2 Å². The summed E-state index contributed by atoms with van der Waals surface area (Å²) in [7, 11) is 0.